The van der Waals surface area contributed by atoms with E-state index in [0.29, 0.717) is 24.8 Å². The van der Waals surface area contributed by atoms with E-state index in [2.05, 4.69) is 0 Å². The third kappa shape index (κ3) is 2.71. The molecule has 1 saturated carbocycles. The fourth-order valence-corrected chi connectivity index (χ4v) is 3.92. The second kappa shape index (κ2) is 4.39. The Morgan fingerprint density at radius 1 is 1.27 bits per heavy atom. The molecule has 2 rings (SSSR count). The average Bonchev–Trinajstić information content (AvgIpc) is 2.49. The highest BCUT2D eigenvalue weighted by molar-refractivity contribution is 7.89. The molecule has 0 bridgehead atoms. The summed E-state index contributed by atoms with van der Waals surface area (Å²) >= 11 is 0. The van der Waals surface area contributed by atoms with Gasteiger partial charge < -0.3 is 5.73 Å². The SMILES string of the molecule is N[C@H]1CCN(S(=O)(=O)CCC2CCC2)C1. The molecule has 2 aliphatic rings. The Balaban J connectivity index is 1.83. The second-order valence-electron chi connectivity index (χ2n) is 4.81. The molecule has 15 heavy (non-hydrogen) atoms. The fraction of sp³-hybridized carbons (Fsp3) is 1.00. The Morgan fingerprint density at radius 3 is 2.47 bits per heavy atom. The van der Waals surface area contributed by atoms with Crippen LogP contribution in [-0.2, 0) is 10.0 Å². The molecule has 1 heterocycles. The number of nitrogens with two attached hydrogens (primary N) is 1. The molecular formula is C10H20N2O2S. The summed E-state index contributed by atoms with van der Waals surface area (Å²) in [5, 5.41) is 0. The Kier molecular flexibility index (Phi) is 3.33. The van der Waals surface area contributed by atoms with Gasteiger partial charge in [-0.1, -0.05) is 19.3 Å². The minimum absolute atomic E-state index is 0.0449. The van der Waals surface area contributed by atoms with E-state index in [9.17, 15) is 8.42 Å². The third-order valence-electron chi connectivity index (χ3n) is 3.59. The van der Waals surface area contributed by atoms with Crippen molar-refractivity contribution in [3.8, 4) is 0 Å². The van der Waals surface area contributed by atoms with Crippen molar-refractivity contribution < 1.29 is 8.42 Å². The molecule has 5 heteroatoms. The molecule has 0 amide bonds. The molecule has 4 nitrogen and oxygen atoms in total. The molecule has 2 fully saturated rings. The van der Waals surface area contributed by atoms with Crippen molar-refractivity contribution in [2.24, 2.45) is 11.7 Å². The molecular weight excluding hydrogens is 212 g/mol. The summed E-state index contributed by atoms with van der Waals surface area (Å²) < 4.78 is 25.4. The lowest BCUT2D eigenvalue weighted by Gasteiger charge is -2.26. The zero-order valence-corrected chi connectivity index (χ0v) is 9.88. The van der Waals surface area contributed by atoms with Crippen molar-refractivity contribution in [1.82, 2.24) is 4.31 Å². The predicted octanol–water partition coefficient (Wildman–Crippen LogP) is 0.539. The van der Waals surface area contributed by atoms with E-state index >= 15 is 0 Å². The first-order chi connectivity index (χ1) is 7.08. The molecule has 0 unspecified atom stereocenters. The standard InChI is InChI=1S/C10H20N2O2S/c11-10-4-6-12(8-10)15(13,14)7-5-9-2-1-3-9/h9-10H,1-8,11H2/t10-/m0/s1. The second-order valence-corrected chi connectivity index (χ2v) is 6.90. The van der Waals surface area contributed by atoms with Gasteiger partial charge in [-0.3, -0.25) is 0 Å². The van der Waals surface area contributed by atoms with Gasteiger partial charge in [0.25, 0.3) is 0 Å². The van der Waals surface area contributed by atoms with Crippen LogP contribution >= 0.6 is 0 Å². The lowest BCUT2D eigenvalue weighted by atomic mass is 9.84. The van der Waals surface area contributed by atoms with Crippen molar-refractivity contribution >= 4 is 10.0 Å². The molecule has 1 saturated heterocycles. The molecule has 2 N–H and O–H groups in total. The maximum absolute atomic E-state index is 11.9. The van der Waals surface area contributed by atoms with Crippen molar-refractivity contribution in [3.63, 3.8) is 0 Å². The molecule has 0 aromatic carbocycles. The molecule has 0 spiro atoms. The topological polar surface area (TPSA) is 63.4 Å². The van der Waals surface area contributed by atoms with Crippen LogP contribution in [-0.4, -0.2) is 37.6 Å². The molecule has 1 aliphatic carbocycles. The molecule has 0 aromatic heterocycles. The van der Waals surface area contributed by atoms with Gasteiger partial charge in [-0.2, -0.15) is 0 Å². The summed E-state index contributed by atoms with van der Waals surface area (Å²) in [6, 6.07) is 0.0449. The number of nitrogens with zero attached hydrogens (tertiary/aromatic N) is 1. The summed E-state index contributed by atoms with van der Waals surface area (Å²) in [5.41, 5.74) is 5.71. The number of hydrogen-bond donors (Lipinski definition) is 1. The average molecular weight is 232 g/mol. The van der Waals surface area contributed by atoms with Crippen molar-refractivity contribution in [1.29, 1.82) is 0 Å². The summed E-state index contributed by atoms with van der Waals surface area (Å²) in [6.45, 7) is 1.14. The molecule has 1 atom stereocenters. The van der Waals surface area contributed by atoms with Gasteiger partial charge in [0.05, 0.1) is 5.75 Å². The van der Waals surface area contributed by atoms with Crippen molar-refractivity contribution in [2.45, 2.75) is 38.1 Å². The Hall–Kier alpha value is -0.130. The normalized spacial score (nSPS) is 29.3. The third-order valence-corrected chi connectivity index (χ3v) is 5.46. The van der Waals surface area contributed by atoms with Gasteiger partial charge in [0.1, 0.15) is 0 Å². The molecule has 88 valence electrons. The van der Waals surface area contributed by atoms with Crippen LogP contribution < -0.4 is 5.73 Å². The van der Waals surface area contributed by atoms with Crippen LogP contribution in [0.2, 0.25) is 0 Å². The first kappa shape index (κ1) is 11.4. The van der Waals surface area contributed by atoms with Crippen LogP contribution in [0.4, 0.5) is 0 Å². The van der Waals surface area contributed by atoms with Crippen LogP contribution in [0.15, 0.2) is 0 Å². The molecule has 0 radical (unpaired) electrons. The lowest BCUT2D eigenvalue weighted by molar-refractivity contribution is 0.305. The lowest BCUT2D eigenvalue weighted by Crippen LogP contribution is -2.34. The fourth-order valence-electron chi connectivity index (χ4n) is 2.23. The van der Waals surface area contributed by atoms with E-state index in [1.165, 1.54) is 19.3 Å². The van der Waals surface area contributed by atoms with E-state index in [-0.39, 0.29) is 6.04 Å². The predicted molar refractivity (Wildman–Crippen MR) is 59.9 cm³/mol. The summed E-state index contributed by atoms with van der Waals surface area (Å²) in [5.74, 6) is 0.987. The summed E-state index contributed by atoms with van der Waals surface area (Å²) in [6.07, 6.45) is 5.36. The van der Waals surface area contributed by atoms with Gasteiger partial charge in [-0.25, -0.2) is 12.7 Å². The zero-order chi connectivity index (χ0) is 10.9. The summed E-state index contributed by atoms with van der Waals surface area (Å²) in [7, 11) is -3.01. The van der Waals surface area contributed by atoms with Gasteiger partial charge in [-0.05, 0) is 18.8 Å². The van der Waals surface area contributed by atoms with Gasteiger partial charge >= 0.3 is 0 Å². The number of hydrogen-bond acceptors (Lipinski definition) is 3. The van der Waals surface area contributed by atoms with Crippen LogP contribution in [0, 0.1) is 5.92 Å². The minimum Gasteiger partial charge on any atom is -0.326 e. The van der Waals surface area contributed by atoms with E-state index in [1.54, 1.807) is 4.31 Å². The first-order valence-corrected chi connectivity index (χ1v) is 7.42. The first-order valence-electron chi connectivity index (χ1n) is 5.81. The quantitative estimate of drug-likeness (QED) is 0.769. The van der Waals surface area contributed by atoms with Crippen LogP contribution in [0.1, 0.15) is 32.1 Å². The highest BCUT2D eigenvalue weighted by Crippen LogP contribution is 2.30. The number of rotatable bonds is 4. The number of sulfonamides is 1. The van der Waals surface area contributed by atoms with Crippen LogP contribution in [0.3, 0.4) is 0 Å². The Morgan fingerprint density at radius 2 is 2.00 bits per heavy atom. The minimum atomic E-state index is -3.01. The van der Waals surface area contributed by atoms with Crippen molar-refractivity contribution in [2.75, 3.05) is 18.8 Å². The van der Waals surface area contributed by atoms with Gasteiger partial charge in [0, 0.05) is 19.1 Å². The van der Waals surface area contributed by atoms with Crippen LogP contribution in [0.5, 0.6) is 0 Å². The smallest absolute Gasteiger partial charge is 0.214 e. The van der Waals surface area contributed by atoms with E-state index < -0.39 is 10.0 Å². The highest BCUT2D eigenvalue weighted by Gasteiger charge is 2.30. The van der Waals surface area contributed by atoms with E-state index in [0.717, 1.165) is 12.8 Å². The maximum atomic E-state index is 11.9. The van der Waals surface area contributed by atoms with Crippen molar-refractivity contribution in [3.05, 3.63) is 0 Å². The molecule has 1 aliphatic heterocycles. The van der Waals surface area contributed by atoms with Crippen LogP contribution in [0.25, 0.3) is 0 Å². The summed E-state index contributed by atoms with van der Waals surface area (Å²) in [4.78, 5) is 0. The zero-order valence-electron chi connectivity index (χ0n) is 9.06. The van der Waals surface area contributed by atoms with Gasteiger partial charge in [0.2, 0.25) is 10.0 Å². The highest BCUT2D eigenvalue weighted by atomic mass is 32.2. The largest absolute Gasteiger partial charge is 0.326 e. The maximum Gasteiger partial charge on any atom is 0.214 e. The monoisotopic (exact) mass is 232 g/mol. The molecule has 0 aromatic rings. The van der Waals surface area contributed by atoms with E-state index in [4.69, 9.17) is 5.73 Å². The van der Waals surface area contributed by atoms with E-state index in [1.807, 2.05) is 0 Å². The Labute approximate surface area is 91.9 Å². The Bertz CT molecular complexity index is 311. The van der Waals surface area contributed by atoms with Gasteiger partial charge in [0.15, 0.2) is 0 Å². The van der Waals surface area contributed by atoms with Gasteiger partial charge in [-0.15, -0.1) is 0 Å².